The summed E-state index contributed by atoms with van der Waals surface area (Å²) in [6.07, 6.45) is 0.337. The lowest BCUT2D eigenvalue weighted by molar-refractivity contribution is -0.246. The highest BCUT2D eigenvalue weighted by atomic mass is 19.3. The normalized spacial score (nSPS) is 27.5. The van der Waals surface area contributed by atoms with Crippen molar-refractivity contribution in [3.8, 4) is 0 Å². The van der Waals surface area contributed by atoms with Gasteiger partial charge in [-0.15, -0.1) is 0 Å². The van der Waals surface area contributed by atoms with Gasteiger partial charge in [0.2, 0.25) is 0 Å². The highest BCUT2D eigenvalue weighted by Gasteiger charge is 2.69. The molecule has 2 fully saturated rings. The Balaban J connectivity index is 1.67. The van der Waals surface area contributed by atoms with E-state index in [4.69, 9.17) is 4.74 Å². The van der Waals surface area contributed by atoms with Gasteiger partial charge in [-0.25, -0.2) is 13.6 Å². The topological polar surface area (TPSA) is 32.8 Å². The molecule has 0 aromatic heterocycles. The van der Waals surface area contributed by atoms with Crippen LogP contribution in [-0.4, -0.2) is 54.0 Å². The maximum atomic E-state index is 14.1. The summed E-state index contributed by atoms with van der Waals surface area (Å²) in [6, 6.07) is 9.23. The molecule has 1 aromatic carbocycles. The van der Waals surface area contributed by atoms with E-state index in [0.717, 1.165) is 12.1 Å². The molecule has 1 spiro atoms. The van der Waals surface area contributed by atoms with Crippen molar-refractivity contribution in [1.82, 2.24) is 9.80 Å². The van der Waals surface area contributed by atoms with E-state index in [1.54, 1.807) is 0 Å². The Morgan fingerprint density at radius 2 is 2.00 bits per heavy atom. The summed E-state index contributed by atoms with van der Waals surface area (Å²) in [5.41, 5.74) is -0.550. The number of rotatable bonds is 2. The van der Waals surface area contributed by atoms with Gasteiger partial charge in [-0.1, -0.05) is 30.3 Å². The second kappa shape index (κ2) is 5.50. The smallest absolute Gasteiger partial charge is 0.411 e. The zero-order valence-electron chi connectivity index (χ0n) is 12.6. The Bertz CT molecular complexity index is 552. The number of carbonyl (C=O) groups excluding carboxylic acids is 1. The highest BCUT2D eigenvalue weighted by Crippen LogP contribution is 2.49. The fourth-order valence-corrected chi connectivity index (χ4v) is 3.40. The molecule has 2 saturated heterocycles. The Hall–Kier alpha value is -1.69. The van der Waals surface area contributed by atoms with Crippen LogP contribution in [0.5, 0.6) is 0 Å². The van der Waals surface area contributed by atoms with E-state index in [1.807, 2.05) is 42.3 Å². The maximum absolute atomic E-state index is 14.1. The number of halogens is 2. The van der Waals surface area contributed by atoms with Crippen LogP contribution in [0.15, 0.2) is 30.3 Å². The minimum Gasteiger partial charge on any atom is -0.445 e. The second-order valence-electron chi connectivity index (χ2n) is 6.20. The molecule has 1 unspecified atom stereocenters. The number of carbonyl (C=O) groups is 1. The monoisotopic (exact) mass is 310 g/mol. The van der Waals surface area contributed by atoms with Gasteiger partial charge in [0, 0.05) is 6.54 Å². The van der Waals surface area contributed by atoms with Crippen LogP contribution in [0.2, 0.25) is 0 Å². The first-order valence-corrected chi connectivity index (χ1v) is 7.49. The van der Waals surface area contributed by atoms with E-state index < -0.39 is 24.1 Å². The van der Waals surface area contributed by atoms with Gasteiger partial charge >= 0.3 is 6.09 Å². The zero-order chi connectivity index (χ0) is 15.8. The van der Waals surface area contributed by atoms with Crippen molar-refractivity contribution in [2.75, 3.05) is 26.7 Å². The minimum atomic E-state index is -2.84. The van der Waals surface area contributed by atoms with Gasteiger partial charge in [-0.2, -0.15) is 0 Å². The van der Waals surface area contributed by atoms with Gasteiger partial charge in [0.1, 0.15) is 12.1 Å². The summed E-state index contributed by atoms with van der Waals surface area (Å²) in [7, 11) is 1.81. The third-order valence-corrected chi connectivity index (χ3v) is 4.64. The van der Waals surface area contributed by atoms with Crippen LogP contribution in [-0.2, 0) is 11.3 Å². The molecule has 1 aromatic rings. The molecule has 120 valence electrons. The molecule has 0 aliphatic carbocycles. The van der Waals surface area contributed by atoms with Crippen molar-refractivity contribution >= 4 is 6.09 Å². The molecule has 22 heavy (non-hydrogen) atoms. The Labute approximate surface area is 128 Å². The van der Waals surface area contributed by atoms with Crippen LogP contribution in [0, 0.1) is 0 Å². The molecule has 2 aliphatic heterocycles. The van der Waals surface area contributed by atoms with Crippen LogP contribution < -0.4 is 0 Å². The summed E-state index contributed by atoms with van der Waals surface area (Å²) in [5, 5.41) is 0. The SMILES string of the molecule is CN1CCCC2(C1)N(C(=O)OCc1ccccc1)CC2(F)F. The molecule has 2 heterocycles. The lowest BCUT2D eigenvalue weighted by atomic mass is 9.74. The third-order valence-electron chi connectivity index (χ3n) is 4.64. The molecule has 3 rings (SSSR count). The molecular weight excluding hydrogens is 290 g/mol. The second-order valence-corrected chi connectivity index (χ2v) is 6.20. The van der Waals surface area contributed by atoms with Crippen molar-refractivity contribution in [3.63, 3.8) is 0 Å². The number of likely N-dealkylation sites (N-methyl/N-ethyl adjacent to an activating group) is 1. The van der Waals surface area contributed by atoms with Crippen LogP contribution in [0.3, 0.4) is 0 Å². The first-order chi connectivity index (χ1) is 10.4. The molecule has 1 amide bonds. The predicted molar refractivity (Wildman–Crippen MR) is 77.7 cm³/mol. The van der Waals surface area contributed by atoms with E-state index in [1.165, 1.54) is 4.90 Å². The van der Waals surface area contributed by atoms with Crippen molar-refractivity contribution in [1.29, 1.82) is 0 Å². The van der Waals surface area contributed by atoms with Crippen molar-refractivity contribution in [2.45, 2.75) is 30.9 Å². The van der Waals surface area contributed by atoms with E-state index in [2.05, 4.69) is 0 Å². The van der Waals surface area contributed by atoms with Crippen LogP contribution in [0.4, 0.5) is 13.6 Å². The van der Waals surface area contributed by atoms with Crippen molar-refractivity contribution in [2.24, 2.45) is 0 Å². The van der Waals surface area contributed by atoms with Crippen LogP contribution >= 0.6 is 0 Å². The van der Waals surface area contributed by atoms with E-state index >= 15 is 0 Å². The average Bonchev–Trinajstić information content (AvgIpc) is 2.51. The molecule has 0 saturated carbocycles. The summed E-state index contributed by atoms with van der Waals surface area (Å²) in [4.78, 5) is 15.3. The number of piperidine rings is 1. The summed E-state index contributed by atoms with van der Waals surface area (Å²) in [5.74, 6) is -2.84. The van der Waals surface area contributed by atoms with E-state index in [0.29, 0.717) is 12.8 Å². The average molecular weight is 310 g/mol. The van der Waals surface area contributed by atoms with E-state index in [9.17, 15) is 13.6 Å². The first-order valence-electron chi connectivity index (χ1n) is 7.49. The number of likely N-dealkylation sites (tertiary alicyclic amines) is 2. The van der Waals surface area contributed by atoms with Gasteiger partial charge in [-0.05, 0) is 32.0 Å². The van der Waals surface area contributed by atoms with Gasteiger partial charge < -0.3 is 9.64 Å². The minimum absolute atomic E-state index is 0.105. The van der Waals surface area contributed by atoms with E-state index in [-0.39, 0.29) is 13.2 Å². The largest absolute Gasteiger partial charge is 0.445 e. The lowest BCUT2D eigenvalue weighted by Crippen LogP contribution is -2.80. The maximum Gasteiger partial charge on any atom is 0.411 e. The fraction of sp³-hybridized carbons (Fsp3) is 0.562. The third kappa shape index (κ3) is 2.45. The van der Waals surface area contributed by atoms with Crippen LogP contribution in [0.1, 0.15) is 18.4 Å². The summed E-state index contributed by atoms with van der Waals surface area (Å²) < 4.78 is 33.5. The molecule has 2 aliphatic rings. The number of nitrogens with zero attached hydrogens (tertiary/aromatic N) is 2. The molecule has 1 atom stereocenters. The molecule has 6 heteroatoms. The van der Waals surface area contributed by atoms with Crippen molar-refractivity contribution < 1.29 is 18.3 Å². The number of benzene rings is 1. The molecule has 0 N–H and O–H groups in total. The van der Waals surface area contributed by atoms with Gasteiger partial charge in [-0.3, -0.25) is 4.90 Å². The molecular formula is C16H20F2N2O2. The van der Waals surface area contributed by atoms with Gasteiger partial charge in [0.15, 0.2) is 0 Å². The first kappa shape index (κ1) is 15.2. The number of hydrogen-bond donors (Lipinski definition) is 0. The molecule has 0 radical (unpaired) electrons. The number of hydrogen-bond acceptors (Lipinski definition) is 3. The molecule has 4 nitrogen and oxygen atoms in total. The Morgan fingerprint density at radius 1 is 1.27 bits per heavy atom. The standard InChI is InChI=1S/C16H20F2N2O2/c1-19-9-5-8-15(11-19)16(17,18)12-20(15)14(21)22-10-13-6-3-2-4-7-13/h2-4,6-7H,5,8-12H2,1H3. The quantitative estimate of drug-likeness (QED) is 0.842. The molecule has 0 bridgehead atoms. The number of amides is 1. The van der Waals surface area contributed by atoms with Crippen molar-refractivity contribution in [3.05, 3.63) is 35.9 Å². The van der Waals surface area contributed by atoms with Gasteiger partial charge in [0.25, 0.3) is 5.92 Å². The van der Waals surface area contributed by atoms with Crippen LogP contribution in [0.25, 0.3) is 0 Å². The predicted octanol–water partition coefficient (Wildman–Crippen LogP) is 2.74. The highest BCUT2D eigenvalue weighted by molar-refractivity contribution is 5.71. The Morgan fingerprint density at radius 3 is 2.64 bits per heavy atom. The Kier molecular flexibility index (Phi) is 3.80. The number of ether oxygens (including phenoxy) is 1. The fourth-order valence-electron chi connectivity index (χ4n) is 3.40. The van der Waals surface area contributed by atoms with Gasteiger partial charge in [0.05, 0.1) is 6.54 Å². The summed E-state index contributed by atoms with van der Waals surface area (Å²) >= 11 is 0. The number of alkyl halides is 2. The summed E-state index contributed by atoms with van der Waals surface area (Å²) in [6.45, 7) is 0.535. The lowest BCUT2D eigenvalue weighted by Gasteiger charge is -2.59. The zero-order valence-corrected chi connectivity index (χ0v) is 12.6.